The second kappa shape index (κ2) is 4.67. The Morgan fingerprint density at radius 2 is 1.94 bits per heavy atom. The van der Waals surface area contributed by atoms with Gasteiger partial charge >= 0.3 is 0 Å². The first-order chi connectivity index (χ1) is 8.20. The molecule has 0 aromatic heterocycles. The van der Waals surface area contributed by atoms with Gasteiger partial charge < -0.3 is 5.32 Å². The van der Waals surface area contributed by atoms with Crippen molar-refractivity contribution in [1.29, 1.82) is 5.26 Å². The molecule has 2 nitrogen and oxygen atoms in total. The Bertz CT molecular complexity index is 585. The van der Waals surface area contributed by atoms with Crippen molar-refractivity contribution in [2.24, 2.45) is 0 Å². The highest BCUT2D eigenvalue weighted by Crippen LogP contribution is 2.22. The van der Waals surface area contributed by atoms with Gasteiger partial charge in [-0.2, -0.15) is 5.26 Å². The lowest BCUT2D eigenvalue weighted by Gasteiger charge is -2.09. The predicted molar refractivity (Wildman–Crippen MR) is 65.6 cm³/mol. The first-order valence-corrected chi connectivity index (χ1v) is 5.23. The molecule has 0 heterocycles. The molecule has 84 valence electrons. The fraction of sp³-hybridized carbons (Fsp3) is 0.0714. The maximum absolute atomic E-state index is 13.4. The van der Waals surface area contributed by atoms with Gasteiger partial charge in [-0.1, -0.05) is 18.2 Å². The Morgan fingerprint density at radius 1 is 1.18 bits per heavy atom. The van der Waals surface area contributed by atoms with Crippen LogP contribution in [-0.4, -0.2) is 0 Å². The number of hydrogen-bond acceptors (Lipinski definition) is 2. The molecular formula is C14H11FN2. The maximum Gasteiger partial charge on any atom is 0.143 e. The van der Waals surface area contributed by atoms with Crippen LogP contribution in [0.25, 0.3) is 0 Å². The standard InChI is InChI=1S/C14H11FN2/c1-10-4-2-5-11(8-10)17-14-7-3-6-13(15)12(14)9-16/h2-8,17H,1H3. The first kappa shape index (κ1) is 11.2. The van der Waals surface area contributed by atoms with Crippen molar-refractivity contribution in [2.45, 2.75) is 6.92 Å². The van der Waals surface area contributed by atoms with Gasteiger partial charge in [-0.05, 0) is 36.8 Å². The molecule has 0 aliphatic carbocycles. The van der Waals surface area contributed by atoms with E-state index in [1.54, 1.807) is 12.1 Å². The van der Waals surface area contributed by atoms with Crippen LogP contribution in [0.4, 0.5) is 15.8 Å². The van der Waals surface area contributed by atoms with Crippen LogP contribution >= 0.6 is 0 Å². The van der Waals surface area contributed by atoms with Gasteiger partial charge in [0.05, 0.1) is 5.69 Å². The van der Waals surface area contributed by atoms with E-state index in [1.807, 2.05) is 37.3 Å². The lowest BCUT2D eigenvalue weighted by molar-refractivity contribution is 0.624. The highest BCUT2D eigenvalue weighted by molar-refractivity contribution is 5.67. The van der Waals surface area contributed by atoms with Crippen LogP contribution in [0.2, 0.25) is 0 Å². The summed E-state index contributed by atoms with van der Waals surface area (Å²) in [5.41, 5.74) is 2.46. The molecule has 0 amide bonds. The van der Waals surface area contributed by atoms with Gasteiger partial charge in [-0.25, -0.2) is 4.39 Å². The Labute approximate surface area is 99.3 Å². The molecule has 2 aromatic carbocycles. The van der Waals surface area contributed by atoms with E-state index >= 15 is 0 Å². The van der Waals surface area contributed by atoms with E-state index in [0.29, 0.717) is 5.69 Å². The van der Waals surface area contributed by atoms with Gasteiger partial charge in [0.1, 0.15) is 17.4 Å². The third-order valence-corrected chi connectivity index (χ3v) is 2.42. The molecule has 0 fully saturated rings. The Morgan fingerprint density at radius 3 is 2.65 bits per heavy atom. The summed E-state index contributed by atoms with van der Waals surface area (Å²) in [6, 6.07) is 14.1. The van der Waals surface area contributed by atoms with Gasteiger partial charge in [0.2, 0.25) is 0 Å². The third-order valence-electron chi connectivity index (χ3n) is 2.42. The van der Waals surface area contributed by atoms with Crippen molar-refractivity contribution in [1.82, 2.24) is 0 Å². The highest BCUT2D eigenvalue weighted by atomic mass is 19.1. The normalized spacial score (nSPS) is 9.71. The Hall–Kier alpha value is -2.34. The predicted octanol–water partition coefficient (Wildman–Crippen LogP) is 3.75. The smallest absolute Gasteiger partial charge is 0.143 e. The summed E-state index contributed by atoms with van der Waals surface area (Å²) < 4.78 is 13.4. The number of nitrogens with one attached hydrogen (secondary N) is 1. The van der Waals surface area contributed by atoms with E-state index in [4.69, 9.17) is 5.26 Å². The number of rotatable bonds is 2. The molecule has 0 spiro atoms. The molecule has 2 rings (SSSR count). The van der Waals surface area contributed by atoms with Crippen LogP contribution in [0, 0.1) is 24.1 Å². The Kier molecular flexibility index (Phi) is 3.06. The molecule has 0 radical (unpaired) electrons. The van der Waals surface area contributed by atoms with Gasteiger partial charge in [0, 0.05) is 5.69 Å². The van der Waals surface area contributed by atoms with Crippen molar-refractivity contribution in [3.63, 3.8) is 0 Å². The number of halogens is 1. The second-order valence-electron chi connectivity index (χ2n) is 3.77. The van der Waals surface area contributed by atoms with Gasteiger partial charge in [0.25, 0.3) is 0 Å². The van der Waals surface area contributed by atoms with Gasteiger partial charge in [-0.3, -0.25) is 0 Å². The molecular weight excluding hydrogens is 215 g/mol. The van der Waals surface area contributed by atoms with Crippen molar-refractivity contribution in [3.8, 4) is 6.07 Å². The zero-order valence-electron chi connectivity index (χ0n) is 9.37. The van der Waals surface area contributed by atoms with Gasteiger partial charge in [-0.15, -0.1) is 0 Å². The minimum atomic E-state index is -0.509. The number of benzene rings is 2. The van der Waals surface area contributed by atoms with Crippen molar-refractivity contribution >= 4 is 11.4 Å². The van der Waals surface area contributed by atoms with Gasteiger partial charge in [0.15, 0.2) is 0 Å². The zero-order chi connectivity index (χ0) is 12.3. The SMILES string of the molecule is Cc1cccc(Nc2cccc(F)c2C#N)c1. The van der Waals surface area contributed by atoms with E-state index in [0.717, 1.165) is 11.3 Å². The van der Waals surface area contributed by atoms with Crippen LogP contribution in [0.5, 0.6) is 0 Å². The van der Waals surface area contributed by atoms with Crippen molar-refractivity contribution in [2.75, 3.05) is 5.32 Å². The Balaban J connectivity index is 2.37. The second-order valence-corrected chi connectivity index (χ2v) is 3.77. The number of aryl methyl sites for hydroxylation is 1. The van der Waals surface area contributed by atoms with Crippen LogP contribution in [-0.2, 0) is 0 Å². The fourth-order valence-corrected chi connectivity index (χ4v) is 1.62. The molecule has 0 unspecified atom stereocenters. The highest BCUT2D eigenvalue weighted by Gasteiger charge is 2.07. The van der Waals surface area contributed by atoms with Crippen LogP contribution < -0.4 is 5.32 Å². The maximum atomic E-state index is 13.4. The summed E-state index contributed by atoms with van der Waals surface area (Å²) in [6.07, 6.45) is 0. The van der Waals surface area contributed by atoms with Crippen molar-refractivity contribution in [3.05, 3.63) is 59.4 Å². The van der Waals surface area contributed by atoms with Crippen LogP contribution in [0.1, 0.15) is 11.1 Å². The monoisotopic (exact) mass is 226 g/mol. The largest absolute Gasteiger partial charge is 0.354 e. The molecule has 0 bridgehead atoms. The molecule has 3 heteroatoms. The molecule has 0 aliphatic rings. The summed E-state index contributed by atoms with van der Waals surface area (Å²) in [5, 5.41) is 11.9. The number of anilines is 2. The van der Waals surface area contributed by atoms with E-state index < -0.39 is 5.82 Å². The average Bonchev–Trinajstić information content (AvgIpc) is 2.29. The summed E-state index contributed by atoms with van der Waals surface area (Å²) in [4.78, 5) is 0. The lowest BCUT2D eigenvalue weighted by atomic mass is 10.1. The van der Waals surface area contributed by atoms with Crippen molar-refractivity contribution < 1.29 is 4.39 Å². The van der Waals surface area contributed by atoms with E-state index in [1.165, 1.54) is 6.07 Å². The quantitative estimate of drug-likeness (QED) is 0.846. The lowest BCUT2D eigenvalue weighted by Crippen LogP contribution is -1.96. The molecule has 1 N–H and O–H groups in total. The topological polar surface area (TPSA) is 35.8 Å². The molecule has 0 saturated heterocycles. The number of nitrogens with zero attached hydrogens (tertiary/aromatic N) is 1. The summed E-state index contributed by atoms with van der Waals surface area (Å²) in [5.74, 6) is -0.509. The van der Waals surface area contributed by atoms with Crippen LogP contribution in [0.15, 0.2) is 42.5 Å². The number of hydrogen-bond donors (Lipinski definition) is 1. The molecule has 0 aliphatic heterocycles. The summed E-state index contributed by atoms with van der Waals surface area (Å²) in [7, 11) is 0. The zero-order valence-corrected chi connectivity index (χ0v) is 9.37. The average molecular weight is 226 g/mol. The third kappa shape index (κ3) is 2.43. The van der Waals surface area contributed by atoms with Crippen LogP contribution in [0.3, 0.4) is 0 Å². The van der Waals surface area contributed by atoms with E-state index in [2.05, 4.69) is 5.32 Å². The molecule has 0 saturated carbocycles. The minimum Gasteiger partial charge on any atom is -0.354 e. The summed E-state index contributed by atoms with van der Waals surface area (Å²) >= 11 is 0. The molecule has 17 heavy (non-hydrogen) atoms. The minimum absolute atomic E-state index is 0.0361. The number of nitriles is 1. The molecule has 2 aromatic rings. The molecule has 0 atom stereocenters. The fourth-order valence-electron chi connectivity index (χ4n) is 1.62. The summed E-state index contributed by atoms with van der Waals surface area (Å²) in [6.45, 7) is 1.97. The first-order valence-electron chi connectivity index (χ1n) is 5.23. The van der Waals surface area contributed by atoms with E-state index in [-0.39, 0.29) is 5.56 Å². The van der Waals surface area contributed by atoms with E-state index in [9.17, 15) is 4.39 Å².